The van der Waals surface area contributed by atoms with Gasteiger partial charge in [0.1, 0.15) is 0 Å². The molecule has 4 nitrogen and oxygen atoms in total. The predicted molar refractivity (Wildman–Crippen MR) is 84.4 cm³/mol. The topological polar surface area (TPSA) is 46.9 Å². The van der Waals surface area contributed by atoms with Gasteiger partial charge in [0.2, 0.25) is 5.91 Å². The number of benzene rings is 1. The fourth-order valence-corrected chi connectivity index (χ4v) is 2.32. The molecule has 0 bridgehead atoms. The molecule has 1 heterocycles. The zero-order valence-corrected chi connectivity index (χ0v) is 13.4. The van der Waals surface area contributed by atoms with E-state index in [9.17, 15) is 18.0 Å². The lowest BCUT2D eigenvalue weighted by Gasteiger charge is -2.07. The summed E-state index contributed by atoms with van der Waals surface area (Å²) in [5, 5.41) is 6.33. The first-order valence-corrected chi connectivity index (χ1v) is 7.78. The maximum atomic E-state index is 12.6. The molecule has 0 aliphatic carbocycles. The van der Waals surface area contributed by atoms with E-state index in [2.05, 4.69) is 10.4 Å². The fourth-order valence-electron chi connectivity index (χ4n) is 2.32. The van der Waals surface area contributed by atoms with Crippen molar-refractivity contribution in [1.82, 2.24) is 15.1 Å². The first kappa shape index (κ1) is 18.0. The van der Waals surface area contributed by atoms with Gasteiger partial charge in [-0.15, -0.1) is 0 Å². The second-order valence-electron chi connectivity index (χ2n) is 5.58. The summed E-state index contributed by atoms with van der Waals surface area (Å²) in [6.45, 7) is 2.33. The SMILES string of the molecule is Cc1cc(C(F)(F)F)nn1CCCNC(=O)CCc1ccccc1. The lowest BCUT2D eigenvalue weighted by molar-refractivity contribution is -0.141. The minimum atomic E-state index is -4.43. The number of nitrogens with zero attached hydrogens (tertiary/aromatic N) is 2. The van der Waals surface area contributed by atoms with Crippen LogP contribution in [0.5, 0.6) is 0 Å². The second-order valence-corrected chi connectivity index (χ2v) is 5.58. The highest BCUT2D eigenvalue weighted by Crippen LogP contribution is 2.28. The van der Waals surface area contributed by atoms with Gasteiger partial charge in [-0.3, -0.25) is 9.48 Å². The van der Waals surface area contributed by atoms with E-state index in [0.29, 0.717) is 38.0 Å². The summed E-state index contributed by atoms with van der Waals surface area (Å²) in [6.07, 6.45) is -2.85. The van der Waals surface area contributed by atoms with Gasteiger partial charge in [0, 0.05) is 25.2 Å². The smallest absolute Gasteiger partial charge is 0.356 e. The molecule has 0 saturated heterocycles. The molecular weight excluding hydrogens is 319 g/mol. The lowest BCUT2D eigenvalue weighted by Crippen LogP contribution is -2.25. The summed E-state index contributed by atoms with van der Waals surface area (Å²) in [7, 11) is 0. The van der Waals surface area contributed by atoms with Gasteiger partial charge in [0.05, 0.1) is 0 Å². The normalized spacial score (nSPS) is 11.5. The summed E-state index contributed by atoms with van der Waals surface area (Å²) in [4.78, 5) is 11.7. The molecule has 0 radical (unpaired) electrons. The van der Waals surface area contributed by atoms with E-state index in [0.717, 1.165) is 11.6 Å². The lowest BCUT2D eigenvalue weighted by atomic mass is 10.1. The van der Waals surface area contributed by atoms with Crippen LogP contribution in [0.3, 0.4) is 0 Å². The highest BCUT2D eigenvalue weighted by Gasteiger charge is 2.34. The van der Waals surface area contributed by atoms with Crippen LogP contribution in [-0.2, 0) is 23.9 Å². The molecule has 0 aliphatic heterocycles. The highest BCUT2D eigenvalue weighted by molar-refractivity contribution is 5.76. The van der Waals surface area contributed by atoms with Gasteiger partial charge in [0.25, 0.3) is 0 Å². The van der Waals surface area contributed by atoms with Crippen molar-refractivity contribution in [2.24, 2.45) is 0 Å². The van der Waals surface area contributed by atoms with Crippen LogP contribution < -0.4 is 5.32 Å². The number of hydrogen-bond acceptors (Lipinski definition) is 2. The Morgan fingerprint density at radius 1 is 1.25 bits per heavy atom. The number of aromatic nitrogens is 2. The summed E-state index contributed by atoms with van der Waals surface area (Å²) < 4.78 is 39.0. The monoisotopic (exact) mass is 339 g/mol. The minimum absolute atomic E-state index is 0.0629. The molecule has 1 amide bonds. The Morgan fingerprint density at radius 3 is 2.58 bits per heavy atom. The van der Waals surface area contributed by atoms with Crippen molar-refractivity contribution in [3.63, 3.8) is 0 Å². The van der Waals surface area contributed by atoms with Gasteiger partial charge in [-0.25, -0.2) is 0 Å². The van der Waals surface area contributed by atoms with Crippen LogP contribution in [0, 0.1) is 6.92 Å². The Morgan fingerprint density at radius 2 is 1.96 bits per heavy atom. The van der Waals surface area contributed by atoms with Crippen molar-refractivity contribution >= 4 is 5.91 Å². The number of amides is 1. The molecule has 7 heteroatoms. The Kier molecular flexibility index (Phi) is 6.00. The predicted octanol–water partition coefficient (Wildman–Crippen LogP) is 3.35. The number of carbonyl (C=O) groups excluding carboxylic acids is 1. The highest BCUT2D eigenvalue weighted by atomic mass is 19.4. The first-order chi connectivity index (χ1) is 11.4. The minimum Gasteiger partial charge on any atom is -0.356 e. The fraction of sp³-hybridized carbons (Fsp3) is 0.412. The van der Waals surface area contributed by atoms with Crippen LogP contribution in [0.1, 0.15) is 29.8 Å². The molecule has 0 fully saturated rings. The third-order valence-electron chi connectivity index (χ3n) is 3.62. The maximum absolute atomic E-state index is 12.6. The quantitative estimate of drug-likeness (QED) is 0.787. The molecule has 130 valence electrons. The maximum Gasteiger partial charge on any atom is 0.435 e. The molecular formula is C17H20F3N3O. The Labute approximate surface area is 138 Å². The Bertz CT molecular complexity index is 665. The van der Waals surface area contributed by atoms with Crippen LogP contribution in [-0.4, -0.2) is 22.2 Å². The van der Waals surface area contributed by atoms with E-state index in [1.165, 1.54) is 4.68 Å². The molecule has 2 rings (SSSR count). The third-order valence-corrected chi connectivity index (χ3v) is 3.62. The van der Waals surface area contributed by atoms with Gasteiger partial charge in [-0.1, -0.05) is 30.3 Å². The van der Waals surface area contributed by atoms with Gasteiger partial charge < -0.3 is 5.32 Å². The molecule has 0 atom stereocenters. The molecule has 1 aromatic heterocycles. The average Bonchev–Trinajstić information content (AvgIpc) is 2.92. The number of rotatable bonds is 7. The van der Waals surface area contributed by atoms with E-state index >= 15 is 0 Å². The van der Waals surface area contributed by atoms with Crippen molar-refractivity contribution in [3.05, 3.63) is 53.3 Å². The van der Waals surface area contributed by atoms with Crippen LogP contribution in [0.15, 0.2) is 36.4 Å². The zero-order valence-electron chi connectivity index (χ0n) is 13.4. The molecule has 1 aromatic carbocycles. The number of alkyl halides is 3. The van der Waals surface area contributed by atoms with Crippen molar-refractivity contribution in [2.45, 2.75) is 38.9 Å². The van der Waals surface area contributed by atoms with Crippen molar-refractivity contribution < 1.29 is 18.0 Å². The first-order valence-electron chi connectivity index (χ1n) is 7.78. The molecule has 0 spiro atoms. The molecule has 0 aliphatic rings. The number of halogens is 3. The number of aryl methyl sites for hydroxylation is 3. The van der Waals surface area contributed by atoms with Gasteiger partial charge in [-0.05, 0) is 31.4 Å². The third kappa shape index (κ3) is 5.40. The molecule has 1 N–H and O–H groups in total. The average molecular weight is 339 g/mol. The van der Waals surface area contributed by atoms with E-state index in [1.807, 2.05) is 30.3 Å². The van der Waals surface area contributed by atoms with E-state index in [4.69, 9.17) is 0 Å². The molecule has 2 aromatic rings. The standard InChI is InChI=1S/C17H20F3N3O/c1-13-12-15(17(18,19)20)22-23(13)11-5-10-21-16(24)9-8-14-6-3-2-4-7-14/h2-4,6-7,12H,5,8-11H2,1H3,(H,21,24). The Hall–Kier alpha value is -2.31. The van der Waals surface area contributed by atoms with Gasteiger partial charge in [0.15, 0.2) is 5.69 Å². The summed E-state index contributed by atoms with van der Waals surface area (Å²) in [5.74, 6) is -0.0629. The molecule has 0 unspecified atom stereocenters. The van der Waals surface area contributed by atoms with E-state index in [-0.39, 0.29) is 5.91 Å². The summed E-state index contributed by atoms with van der Waals surface area (Å²) in [5.41, 5.74) is 0.670. The summed E-state index contributed by atoms with van der Waals surface area (Å²) >= 11 is 0. The second kappa shape index (κ2) is 7.99. The number of carbonyl (C=O) groups is 1. The van der Waals surface area contributed by atoms with Gasteiger partial charge >= 0.3 is 6.18 Å². The van der Waals surface area contributed by atoms with Gasteiger partial charge in [-0.2, -0.15) is 18.3 Å². The van der Waals surface area contributed by atoms with Crippen molar-refractivity contribution in [2.75, 3.05) is 6.54 Å². The van der Waals surface area contributed by atoms with Crippen LogP contribution in [0.4, 0.5) is 13.2 Å². The zero-order chi connectivity index (χ0) is 17.6. The summed E-state index contributed by atoms with van der Waals surface area (Å²) in [6, 6.07) is 10.7. The van der Waals surface area contributed by atoms with Crippen molar-refractivity contribution in [3.8, 4) is 0 Å². The van der Waals surface area contributed by atoms with Crippen LogP contribution in [0.2, 0.25) is 0 Å². The number of nitrogens with one attached hydrogen (secondary N) is 1. The number of hydrogen-bond donors (Lipinski definition) is 1. The van der Waals surface area contributed by atoms with Crippen LogP contribution in [0.25, 0.3) is 0 Å². The van der Waals surface area contributed by atoms with E-state index < -0.39 is 11.9 Å². The molecule has 24 heavy (non-hydrogen) atoms. The Balaban J connectivity index is 1.69. The molecule has 0 saturated carbocycles. The van der Waals surface area contributed by atoms with E-state index in [1.54, 1.807) is 6.92 Å². The van der Waals surface area contributed by atoms with Crippen LogP contribution >= 0.6 is 0 Å². The van der Waals surface area contributed by atoms with Crippen molar-refractivity contribution in [1.29, 1.82) is 0 Å². The largest absolute Gasteiger partial charge is 0.435 e.